The molecule has 0 saturated heterocycles. The zero-order valence-electron chi connectivity index (χ0n) is 12.6. The predicted molar refractivity (Wildman–Crippen MR) is 87.0 cm³/mol. The first-order valence-electron chi connectivity index (χ1n) is 7.59. The Balaban J connectivity index is 1.51. The van der Waals surface area contributed by atoms with Crippen molar-refractivity contribution in [3.8, 4) is 0 Å². The van der Waals surface area contributed by atoms with Gasteiger partial charge >= 0.3 is 0 Å². The average molecular weight is 310 g/mol. The molecule has 5 nitrogen and oxygen atoms in total. The summed E-state index contributed by atoms with van der Waals surface area (Å²) < 4.78 is 5.31. The van der Waals surface area contributed by atoms with E-state index in [1.165, 1.54) is 0 Å². The first-order chi connectivity index (χ1) is 11.3. The lowest BCUT2D eigenvalue weighted by Crippen LogP contribution is -2.24. The van der Waals surface area contributed by atoms with Crippen LogP contribution in [0, 0.1) is 0 Å². The highest BCUT2D eigenvalue weighted by molar-refractivity contribution is 5.94. The molecule has 1 amide bonds. The molecule has 3 aromatic rings. The maximum atomic E-state index is 11.9. The Morgan fingerprint density at radius 2 is 2.04 bits per heavy atom. The highest BCUT2D eigenvalue weighted by Crippen LogP contribution is 2.25. The Kier molecular flexibility index (Phi) is 4.68. The molecular weight excluding hydrogens is 292 g/mol. The standard InChI is InChI=1S/C18H18N2O3/c21-15(17-14-9-12-23-16(14)8-11-19-17)7-4-10-20-18(22)13-5-2-1-3-6-13/h1-3,5-6,8-9,11-12,15,21H,4,7,10H2,(H,20,22). The van der Waals surface area contributed by atoms with Gasteiger partial charge in [-0.15, -0.1) is 0 Å². The largest absolute Gasteiger partial charge is 0.464 e. The van der Waals surface area contributed by atoms with E-state index in [-0.39, 0.29) is 5.91 Å². The van der Waals surface area contributed by atoms with Crippen molar-refractivity contribution < 1.29 is 14.3 Å². The highest BCUT2D eigenvalue weighted by Gasteiger charge is 2.14. The smallest absolute Gasteiger partial charge is 0.251 e. The summed E-state index contributed by atoms with van der Waals surface area (Å²) in [5, 5.41) is 14.0. The predicted octanol–water partition coefficient (Wildman–Crippen LogP) is 3.07. The third-order valence-corrected chi connectivity index (χ3v) is 3.70. The molecule has 0 saturated carbocycles. The Labute approximate surface area is 134 Å². The first kappa shape index (κ1) is 15.2. The van der Waals surface area contributed by atoms with E-state index < -0.39 is 6.10 Å². The zero-order valence-corrected chi connectivity index (χ0v) is 12.6. The highest BCUT2D eigenvalue weighted by atomic mass is 16.3. The fourth-order valence-corrected chi connectivity index (χ4v) is 2.51. The fourth-order valence-electron chi connectivity index (χ4n) is 2.51. The van der Waals surface area contributed by atoms with E-state index in [0.29, 0.717) is 36.2 Å². The van der Waals surface area contributed by atoms with E-state index in [1.807, 2.05) is 18.2 Å². The number of aliphatic hydroxyl groups is 1. The molecule has 23 heavy (non-hydrogen) atoms. The van der Waals surface area contributed by atoms with Gasteiger partial charge < -0.3 is 14.8 Å². The summed E-state index contributed by atoms with van der Waals surface area (Å²) in [6.07, 6.45) is 3.72. The molecule has 0 fully saturated rings. The van der Waals surface area contributed by atoms with Gasteiger partial charge in [-0.3, -0.25) is 9.78 Å². The molecule has 0 aliphatic heterocycles. The van der Waals surface area contributed by atoms with Gasteiger partial charge in [0.05, 0.1) is 18.1 Å². The number of pyridine rings is 1. The Bertz CT molecular complexity index is 783. The van der Waals surface area contributed by atoms with Gasteiger partial charge in [-0.2, -0.15) is 0 Å². The van der Waals surface area contributed by atoms with Crippen molar-refractivity contribution in [3.63, 3.8) is 0 Å². The molecule has 0 aliphatic carbocycles. The van der Waals surface area contributed by atoms with Gasteiger partial charge in [0.25, 0.3) is 5.91 Å². The normalized spacial score (nSPS) is 12.2. The number of aromatic nitrogens is 1. The minimum absolute atomic E-state index is 0.102. The van der Waals surface area contributed by atoms with Crippen LogP contribution in [0.25, 0.3) is 11.0 Å². The maximum absolute atomic E-state index is 11.9. The monoisotopic (exact) mass is 310 g/mol. The number of nitrogens with one attached hydrogen (secondary N) is 1. The van der Waals surface area contributed by atoms with Crippen LogP contribution >= 0.6 is 0 Å². The van der Waals surface area contributed by atoms with Crippen molar-refractivity contribution in [2.45, 2.75) is 18.9 Å². The summed E-state index contributed by atoms with van der Waals surface area (Å²) in [5.41, 5.74) is 1.97. The number of benzene rings is 1. The summed E-state index contributed by atoms with van der Waals surface area (Å²) in [6, 6.07) is 12.6. The number of amides is 1. The van der Waals surface area contributed by atoms with Crippen molar-refractivity contribution >= 4 is 16.9 Å². The van der Waals surface area contributed by atoms with Gasteiger partial charge in [0.15, 0.2) is 0 Å². The lowest BCUT2D eigenvalue weighted by atomic mass is 10.1. The average Bonchev–Trinajstić information content (AvgIpc) is 3.07. The second-order valence-electron chi connectivity index (χ2n) is 5.31. The summed E-state index contributed by atoms with van der Waals surface area (Å²) in [5.74, 6) is -0.102. The lowest BCUT2D eigenvalue weighted by molar-refractivity contribution is 0.0948. The number of furan rings is 1. The molecule has 0 aliphatic rings. The molecule has 0 radical (unpaired) electrons. The number of rotatable bonds is 6. The quantitative estimate of drug-likeness (QED) is 0.686. The maximum Gasteiger partial charge on any atom is 0.251 e. The minimum atomic E-state index is -0.676. The topological polar surface area (TPSA) is 75.4 Å². The molecule has 2 aromatic heterocycles. The minimum Gasteiger partial charge on any atom is -0.464 e. The van der Waals surface area contributed by atoms with Crippen LogP contribution in [-0.2, 0) is 0 Å². The summed E-state index contributed by atoms with van der Waals surface area (Å²) >= 11 is 0. The van der Waals surface area contributed by atoms with Crippen LogP contribution in [0.4, 0.5) is 0 Å². The number of carbonyl (C=O) groups excluding carboxylic acids is 1. The second kappa shape index (κ2) is 7.07. The van der Waals surface area contributed by atoms with Crippen molar-refractivity contribution in [1.82, 2.24) is 10.3 Å². The van der Waals surface area contributed by atoms with E-state index >= 15 is 0 Å². The van der Waals surface area contributed by atoms with Crippen LogP contribution in [0.15, 0.2) is 59.3 Å². The van der Waals surface area contributed by atoms with Crippen LogP contribution in [0.1, 0.15) is 35.0 Å². The molecule has 1 aromatic carbocycles. The van der Waals surface area contributed by atoms with Crippen LogP contribution < -0.4 is 5.32 Å². The lowest BCUT2D eigenvalue weighted by Gasteiger charge is -2.11. The number of hydrogen-bond acceptors (Lipinski definition) is 4. The Hall–Kier alpha value is -2.66. The van der Waals surface area contributed by atoms with Gasteiger partial charge in [-0.1, -0.05) is 18.2 Å². The van der Waals surface area contributed by atoms with Crippen LogP contribution in [0.2, 0.25) is 0 Å². The number of fused-ring (bicyclic) bond motifs is 1. The third kappa shape index (κ3) is 3.57. The van der Waals surface area contributed by atoms with Gasteiger partial charge in [-0.25, -0.2) is 0 Å². The van der Waals surface area contributed by atoms with Gasteiger partial charge in [0.2, 0.25) is 0 Å². The fraction of sp³-hybridized carbons (Fsp3) is 0.222. The summed E-state index contributed by atoms with van der Waals surface area (Å²) in [7, 11) is 0. The molecule has 5 heteroatoms. The van der Waals surface area contributed by atoms with Crippen LogP contribution in [-0.4, -0.2) is 22.5 Å². The van der Waals surface area contributed by atoms with E-state index in [0.717, 1.165) is 5.39 Å². The second-order valence-corrected chi connectivity index (χ2v) is 5.31. The zero-order chi connectivity index (χ0) is 16.1. The molecule has 118 valence electrons. The van der Waals surface area contributed by atoms with E-state index in [9.17, 15) is 9.90 Å². The molecular formula is C18H18N2O3. The van der Waals surface area contributed by atoms with Crippen LogP contribution in [0.3, 0.4) is 0 Å². The van der Waals surface area contributed by atoms with E-state index in [1.54, 1.807) is 36.7 Å². The Morgan fingerprint density at radius 3 is 2.87 bits per heavy atom. The van der Waals surface area contributed by atoms with E-state index in [4.69, 9.17) is 4.42 Å². The summed E-state index contributed by atoms with van der Waals surface area (Å²) in [6.45, 7) is 0.506. The molecule has 3 rings (SSSR count). The van der Waals surface area contributed by atoms with Gasteiger partial charge in [0, 0.05) is 23.7 Å². The van der Waals surface area contributed by atoms with Gasteiger partial charge in [0.1, 0.15) is 5.58 Å². The number of nitrogens with zero attached hydrogens (tertiary/aromatic N) is 1. The number of aliphatic hydroxyl groups excluding tert-OH is 1. The van der Waals surface area contributed by atoms with Crippen molar-refractivity contribution in [1.29, 1.82) is 0 Å². The molecule has 0 spiro atoms. The van der Waals surface area contributed by atoms with Crippen molar-refractivity contribution in [2.75, 3.05) is 6.54 Å². The molecule has 1 unspecified atom stereocenters. The van der Waals surface area contributed by atoms with Crippen LogP contribution in [0.5, 0.6) is 0 Å². The van der Waals surface area contributed by atoms with Crippen molar-refractivity contribution in [3.05, 3.63) is 66.2 Å². The SMILES string of the molecule is O=C(NCCCC(O)c1nccc2occc12)c1ccccc1. The Morgan fingerprint density at radius 1 is 1.22 bits per heavy atom. The number of hydrogen-bond donors (Lipinski definition) is 2. The van der Waals surface area contributed by atoms with Crippen molar-refractivity contribution in [2.24, 2.45) is 0 Å². The molecule has 2 N–H and O–H groups in total. The molecule has 1 atom stereocenters. The summed E-state index contributed by atoms with van der Waals surface area (Å²) in [4.78, 5) is 16.1. The molecule has 0 bridgehead atoms. The third-order valence-electron chi connectivity index (χ3n) is 3.70. The number of carbonyl (C=O) groups is 1. The van der Waals surface area contributed by atoms with E-state index in [2.05, 4.69) is 10.3 Å². The van der Waals surface area contributed by atoms with Gasteiger partial charge in [-0.05, 0) is 37.1 Å². The first-order valence-corrected chi connectivity index (χ1v) is 7.59. The molecule has 2 heterocycles.